The van der Waals surface area contributed by atoms with Gasteiger partial charge < -0.3 is 5.11 Å². The summed E-state index contributed by atoms with van der Waals surface area (Å²) < 4.78 is 0. The Morgan fingerprint density at radius 1 is 0.704 bits per heavy atom. The Hall–Kier alpha value is -0.160. The first-order valence-corrected chi connectivity index (χ1v) is 14.1. The summed E-state index contributed by atoms with van der Waals surface area (Å²) in [6, 6.07) is 0. The van der Waals surface area contributed by atoms with Crippen LogP contribution < -0.4 is 0 Å². The first-order valence-electron chi connectivity index (χ1n) is 11.3. The van der Waals surface area contributed by atoms with Gasteiger partial charge in [-0.1, -0.05) is 64.2 Å². The Morgan fingerprint density at radius 3 is 1.56 bits per heavy atom. The number of carbonyl (C=O) groups excluding carboxylic acids is 1. The normalized spacial score (nSPS) is 20.5. The van der Waals surface area contributed by atoms with Crippen molar-refractivity contribution < 1.29 is 14.7 Å². The Labute approximate surface area is 172 Å². The van der Waals surface area contributed by atoms with Crippen molar-refractivity contribution in [3.63, 3.8) is 0 Å². The molecule has 0 heterocycles. The molecule has 0 aliphatic heterocycles. The molecule has 0 spiro atoms. The molecule has 0 radical (unpaired) electrons. The standard InChI is InChI=1S/C22H40O3S2/c23-21(24)17-11-3-1-2-4-12-18-22(25)27(26,19-13-7-5-8-14-19)20-15-9-6-10-16-20/h19-20,26H,1-18H2,(H,23,24). The smallest absolute Gasteiger partial charge is 0.303 e. The van der Waals surface area contributed by atoms with Gasteiger partial charge in [-0.15, -0.1) is 20.7 Å². The molecule has 27 heavy (non-hydrogen) atoms. The average molecular weight is 417 g/mol. The van der Waals surface area contributed by atoms with E-state index in [2.05, 4.69) is 0 Å². The Balaban J connectivity index is 1.78. The maximum atomic E-state index is 13.4. The largest absolute Gasteiger partial charge is 0.481 e. The van der Waals surface area contributed by atoms with Crippen LogP contribution in [0.5, 0.6) is 0 Å². The molecule has 0 bridgehead atoms. The van der Waals surface area contributed by atoms with E-state index in [0.717, 1.165) is 44.9 Å². The van der Waals surface area contributed by atoms with Gasteiger partial charge >= 0.3 is 5.97 Å². The number of hydrogen-bond donors (Lipinski definition) is 2. The molecular weight excluding hydrogens is 376 g/mol. The second kappa shape index (κ2) is 12.4. The molecule has 2 saturated carbocycles. The predicted molar refractivity (Wildman–Crippen MR) is 120 cm³/mol. The van der Waals surface area contributed by atoms with E-state index in [4.69, 9.17) is 16.8 Å². The molecule has 3 nitrogen and oxygen atoms in total. The first-order chi connectivity index (χ1) is 13.0. The van der Waals surface area contributed by atoms with Crippen molar-refractivity contribution >= 4 is 31.8 Å². The molecule has 2 rings (SSSR count). The lowest BCUT2D eigenvalue weighted by Crippen LogP contribution is -2.33. The highest BCUT2D eigenvalue weighted by molar-refractivity contribution is 8.94. The number of rotatable bonds is 11. The molecule has 158 valence electrons. The highest BCUT2D eigenvalue weighted by Gasteiger charge is 2.43. The monoisotopic (exact) mass is 416 g/mol. The van der Waals surface area contributed by atoms with Crippen LogP contribution in [0.3, 0.4) is 0 Å². The van der Waals surface area contributed by atoms with Gasteiger partial charge in [-0.2, -0.15) is 0 Å². The zero-order valence-corrected chi connectivity index (χ0v) is 18.7. The van der Waals surface area contributed by atoms with Gasteiger partial charge in [0.25, 0.3) is 0 Å². The van der Waals surface area contributed by atoms with E-state index in [1.165, 1.54) is 64.2 Å². The zero-order chi connectivity index (χ0) is 19.5. The van der Waals surface area contributed by atoms with Crippen LogP contribution in [0, 0.1) is 0 Å². The third-order valence-corrected chi connectivity index (χ3v) is 12.8. The topological polar surface area (TPSA) is 54.4 Å². The van der Waals surface area contributed by atoms with Crippen LogP contribution in [0.1, 0.15) is 116 Å². The molecule has 0 atom stereocenters. The third kappa shape index (κ3) is 7.30. The second-order valence-corrected chi connectivity index (χ2v) is 13.5. The van der Waals surface area contributed by atoms with Gasteiger partial charge in [0, 0.05) is 23.3 Å². The lowest BCUT2D eigenvalue weighted by molar-refractivity contribution is -0.137. The molecule has 0 amide bonds. The van der Waals surface area contributed by atoms with E-state index >= 15 is 0 Å². The number of hydrogen-bond acceptors (Lipinski definition) is 3. The van der Waals surface area contributed by atoms with Crippen molar-refractivity contribution in [1.29, 1.82) is 0 Å². The van der Waals surface area contributed by atoms with Crippen LogP contribution in [0.25, 0.3) is 0 Å². The molecule has 0 aromatic carbocycles. The fraction of sp³-hybridized carbons (Fsp3) is 0.909. The molecule has 0 saturated heterocycles. The summed E-state index contributed by atoms with van der Waals surface area (Å²) in [5, 5.41) is 10.3. The highest BCUT2D eigenvalue weighted by Crippen LogP contribution is 2.68. The molecule has 2 aliphatic rings. The number of thiol groups is 1. The molecule has 2 aliphatic carbocycles. The SMILES string of the molecule is O=C(O)CCCCCCCCC(=O)S(S)(C1CCCCC1)C1CCCCC1. The minimum Gasteiger partial charge on any atom is -0.481 e. The Kier molecular flexibility index (Phi) is 10.6. The van der Waals surface area contributed by atoms with Gasteiger partial charge in [0.1, 0.15) is 0 Å². The number of aliphatic carboxylic acids is 1. The van der Waals surface area contributed by atoms with Crippen LogP contribution in [-0.4, -0.2) is 26.7 Å². The van der Waals surface area contributed by atoms with E-state index in [0.29, 0.717) is 15.6 Å². The van der Waals surface area contributed by atoms with Crippen molar-refractivity contribution in [3.8, 4) is 0 Å². The van der Waals surface area contributed by atoms with Crippen molar-refractivity contribution in [2.24, 2.45) is 0 Å². The van der Waals surface area contributed by atoms with Crippen molar-refractivity contribution in [1.82, 2.24) is 0 Å². The average Bonchev–Trinajstić information content (AvgIpc) is 2.70. The lowest BCUT2D eigenvalue weighted by Gasteiger charge is -2.49. The van der Waals surface area contributed by atoms with Crippen LogP contribution >= 0.6 is 20.7 Å². The second-order valence-electron chi connectivity index (χ2n) is 8.58. The molecule has 1 N–H and O–H groups in total. The van der Waals surface area contributed by atoms with Crippen LogP contribution in [0.4, 0.5) is 0 Å². The lowest BCUT2D eigenvalue weighted by atomic mass is 10.00. The summed E-state index contributed by atoms with van der Waals surface area (Å²) >= 11 is 5.27. The van der Waals surface area contributed by atoms with E-state index in [1.807, 2.05) is 0 Å². The number of carboxylic acids is 1. The molecular formula is C22H40O3S2. The molecule has 0 aromatic rings. The molecule has 2 fully saturated rings. The fourth-order valence-corrected chi connectivity index (χ4v) is 10.3. The maximum absolute atomic E-state index is 13.4. The molecule has 0 unspecified atom stereocenters. The minimum atomic E-state index is -1.44. The molecule has 0 aromatic heterocycles. The summed E-state index contributed by atoms with van der Waals surface area (Å²) in [6.07, 6.45) is 19.8. The van der Waals surface area contributed by atoms with Gasteiger partial charge in [-0.25, -0.2) is 0 Å². The maximum Gasteiger partial charge on any atom is 0.303 e. The first kappa shape index (κ1) is 23.1. The quantitative estimate of drug-likeness (QED) is 0.216. The van der Waals surface area contributed by atoms with E-state index in [1.54, 1.807) is 0 Å². The third-order valence-electron chi connectivity index (χ3n) is 6.51. The summed E-state index contributed by atoms with van der Waals surface area (Å²) in [4.78, 5) is 23.9. The van der Waals surface area contributed by atoms with E-state index in [9.17, 15) is 9.59 Å². The van der Waals surface area contributed by atoms with Crippen LogP contribution in [0.2, 0.25) is 0 Å². The van der Waals surface area contributed by atoms with E-state index < -0.39 is 15.0 Å². The van der Waals surface area contributed by atoms with Crippen molar-refractivity contribution in [2.45, 2.75) is 126 Å². The van der Waals surface area contributed by atoms with Gasteiger partial charge in [-0.3, -0.25) is 9.59 Å². The fourth-order valence-electron chi connectivity index (χ4n) is 4.91. The highest BCUT2D eigenvalue weighted by atomic mass is 33.1. The van der Waals surface area contributed by atoms with Crippen molar-refractivity contribution in [2.75, 3.05) is 0 Å². The minimum absolute atomic E-state index is 0.285. The van der Waals surface area contributed by atoms with Gasteiger partial charge in [-0.05, 0) is 38.5 Å². The van der Waals surface area contributed by atoms with Gasteiger partial charge in [0.15, 0.2) is 5.12 Å². The van der Waals surface area contributed by atoms with Gasteiger partial charge in [0.2, 0.25) is 0 Å². The summed E-state index contributed by atoms with van der Waals surface area (Å²) in [6.45, 7) is 0. The van der Waals surface area contributed by atoms with Crippen LogP contribution in [0.15, 0.2) is 0 Å². The number of unbranched alkanes of at least 4 members (excludes halogenated alkanes) is 5. The van der Waals surface area contributed by atoms with E-state index in [-0.39, 0.29) is 6.42 Å². The predicted octanol–water partition coefficient (Wildman–Crippen LogP) is 7.03. The molecule has 5 heteroatoms. The van der Waals surface area contributed by atoms with Crippen molar-refractivity contribution in [3.05, 3.63) is 0 Å². The summed E-state index contributed by atoms with van der Waals surface area (Å²) in [5.74, 6) is -0.695. The zero-order valence-electron chi connectivity index (χ0n) is 17.0. The van der Waals surface area contributed by atoms with Crippen LogP contribution in [-0.2, 0) is 9.59 Å². The summed E-state index contributed by atoms with van der Waals surface area (Å²) in [7, 11) is -1.44. The summed E-state index contributed by atoms with van der Waals surface area (Å²) in [5.41, 5.74) is 0. The van der Waals surface area contributed by atoms with Gasteiger partial charge in [0.05, 0.1) is 0 Å². The Morgan fingerprint density at radius 2 is 1.11 bits per heavy atom. The number of carbonyl (C=O) groups is 2. The number of carboxylic acid groups (broad SMARTS) is 1. The Bertz CT molecular complexity index is 436.